The van der Waals surface area contributed by atoms with Crippen molar-refractivity contribution in [1.29, 1.82) is 0 Å². The van der Waals surface area contributed by atoms with Crippen LogP contribution >= 0.6 is 0 Å². The van der Waals surface area contributed by atoms with Crippen LogP contribution in [0.1, 0.15) is 6.42 Å². The summed E-state index contributed by atoms with van der Waals surface area (Å²) in [5.41, 5.74) is 5.09. The van der Waals surface area contributed by atoms with Crippen molar-refractivity contribution in [2.24, 2.45) is 5.73 Å². The van der Waals surface area contributed by atoms with E-state index in [1.54, 1.807) is 13.1 Å². The molecular formula is C8H17N3O. The molecule has 0 saturated carbocycles. The number of likely N-dealkylation sites (N-methyl/N-ethyl adjacent to an activating group) is 1. The number of amides is 1. The highest BCUT2D eigenvalue weighted by atomic mass is 16.1. The fraction of sp³-hybridized carbons (Fsp3) is 0.625. The van der Waals surface area contributed by atoms with Crippen LogP contribution in [0.5, 0.6) is 0 Å². The average Bonchev–Trinajstić information content (AvgIpc) is 2.04. The Bertz CT molecular complexity index is 156. The highest BCUT2D eigenvalue weighted by molar-refractivity contribution is 5.81. The molecule has 12 heavy (non-hydrogen) atoms. The van der Waals surface area contributed by atoms with E-state index in [9.17, 15) is 4.79 Å². The van der Waals surface area contributed by atoms with E-state index in [4.69, 9.17) is 5.73 Å². The normalized spacial score (nSPS) is 13.5. The summed E-state index contributed by atoms with van der Waals surface area (Å²) in [6, 6.07) is -0.346. The summed E-state index contributed by atoms with van der Waals surface area (Å²) >= 11 is 0. The van der Waals surface area contributed by atoms with Crippen molar-refractivity contribution in [2.45, 2.75) is 12.5 Å². The van der Waals surface area contributed by atoms with Gasteiger partial charge in [-0.1, -0.05) is 12.2 Å². The van der Waals surface area contributed by atoms with Gasteiger partial charge in [0.1, 0.15) is 6.04 Å². The quantitative estimate of drug-likeness (QED) is 0.363. The number of carbonyl (C=O) groups is 1. The van der Waals surface area contributed by atoms with Crippen LogP contribution in [0, 0.1) is 0 Å². The third-order valence-electron chi connectivity index (χ3n) is 1.51. The van der Waals surface area contributed by atoms with Gasteiger partial charge in [-0.2, -0.15) is 0 Å². The summed E-state index contributed by atoms with van der Waals surface area (Å²) in [7, 11) is 3.59. The Morgan fingerprint density at radius 3 is 2.67 bits per heavy atom. The fourth-order valence-electron chi connectivity index (χ4n) is 0.793. The molecule has 0 heterocycles. The Morgan fingerprint density at radius 2 is 2.25 bits per heavy atom. The van der Waals surface area contributed by atoms with E-state index in [0.717, 1.165) is 13.0 Å². The maximum Gasteiger partial charge on any atom is 0.238 e. The third kappa shape index (κ3) is 4.87. The molecule has 4 N–H and O–H groups in total. The molecule has 1 atom stereocenters. The molecule has 70 valence electrons. The van der Waals surface area contributed by atoms with Crippen LogP contribution in [0.25, 0.3) is 0 Å². The van der Waals surface area contributed by atoms with Crippen molar-refractivity contribution >= 4 is 5.91 Å². The smallest absolute Gasteiger partial charge is 0.238 e. The zero-order chi connectivity index (χ0) is 9.40. The first-order valence-corrected chi connectivity index (χ1v) is 4.00. The Balaban J connectivity index is 3.69. The summed E-state index contributed by atoms with van der Waals surface area (Å²) < 4.78 is 0. The second-order valence-electron chi connectivity index (χ2n) is 2.49. The number of carbonyl (C=O) groups excluding carboxylic acids is 1. The summed E-state index contributed by atoms with van der Waals surface area (Å²) in [5.74, 6) is -0.349. The van der Waals surface area contributed by atoms with Gasteiger partial charge in [-0.25, -0.2) is 0 Å². The lowest BCUT2D eigenvalue weighted by Crippen LogP contribution is -2.37. The first kappa shape index (κ1) is 11.1. The van der Waals surface area contributed by atoms with Crippen LogP contribution in [0.2, 0.25) is 0 Å². The van der Waals surface area contributed by atoms with E-state index in [0.29, 0.717) is 0 Å². The zero-order valence-electron chi connectivity index (χ0n) is 7.63. The standard InChI is InChI=1S/C8H17N3O/c1-10-6-4-3-5-7(11-2)8(9)12/h3,5,7,10-11H,4,6H2,1-2H3,(H2,9,12)/b5-3+. The van der Waals surface area contributed by atoms with Crippen LogP contribution < -0.4 is 16.4 Å². The molecule has 4 heteroatoms. The molecule has 1 amide bonds. The number of rotatable bonds is 6. The maximum absolute atomic E-state index is 10.7. The Labute approximate surface area is 73.2 Å². The van der Waals surface area contributed by atoms with Crippen LogP contribution in [-0.4, -0.2) is 32.6 Å². The average molecular weight is 171 g/mol. The number of hydrogen-bond donors (Lipinski definition) is 3. The molecule has 0 fully saturated rings. The van der Waals surface area contributed by atoms with Gasteiger partial charge in [0.15, 0.2) is 0 Å². The van der Waals surface area contributed by atoms with Gasteiger partial charge >= 0.3 is 0 Å². The van der Waals surface area contributed by atoms with Crippen LogP contribution in [0.3, 0.4) is 0 Å². The van der Waals surface area contributed by atoms with Gasteiger partial charge in [0.05, 0.1) is 0 Å². The molecule has 0 saturated heterocycles. The zero-order valence-corrected chi connectivity index (χ0v) is 7.63. The highest BCUT2D eigenvalue weighted by Crippen LogP contribution is 1.87. The lowest BCUT2D eigenvalue weighted by atomic mass is 10.2. The largest absolute Gasteiger partial charge is 0.368 e. The summed E-state index contributed by atoms with van der Waals surface area (Å²) in [6.45, 7) is 0.908. The SMILES string of the molecule is CNCC/C=C/C(NC)C(N)=O. The molecule has 0 aliphatic heterocycles. The van der Waals surface area contributed by atoms with Crippen molar-refractivity contribution in [2.75, 3.05) is 20.6 Å². The minimum absolute atomic E-state index is 0.346. The van der Waals surface area contributed by atoms with E-state index in [1.807, 2.05) is 13.1 Å². The number of nitrogens with one attached hydrogen (secondary N) is 2. The summed E-state index contributed by atoms with van der Waals surface area (Å²) in [4.78, 5) is 10.7. The van der Waals surface area contributed by atoms with Gasteiger partial charge in [-0.3, -0.25) is 4.79 Å². The first-order chi connectivity index (χ1) is 5.72. The topological polar surface area (TPSA) is 67.2 Å². The van der Waals surface area contributed by atoms with E-state index in [1.165, 1.54) is 0 Å². The first-order valence-electron chi connectivity index (χ1n) is 4.00. The molecule has 0 radical (unpaired) electrons. The Morgan fingerprint density at radius 1 is 1.58 bits per heavy atom. The third-order valence-corrected chi connectivity index (χ3v) is 1.51. The molecule has 0 rings (SSSR count). The minimum Gasteiger partial charge on any atom is -0.368 e. The van der Waals surface area contributed by atoms with Crippen molar-refractivity contribution < 1.29 is 4.79 Å². The number of hydrogen-bond acceptors (Lipinski definition) is 3. The molecular weight excluding hydrogens is 154 g/mol. The molecule has 0 aliphatic rings. The number of nitrogens with two attached hydrogens (primary N) is 1. The lowest BCUT2D eigenvalue weighted by molar-refractivity contribution is -0.118. The monoisotopic (exact) mass is 171 g/mol. The summed E-state index contributed by atoms with van der Waals surface area (Å²) in [5, 5.41) is 5.80. The summed E-state index contributed by atoms with van der Waals surface area (Å²) in [6.07, 6.45) is 4.62. The van der Waals surface area contributed by atoms with Crippen molar-refractivity contribution in [3.05, 3.63) is 12.2 Å². The molecule has 0 aliphatic carbocycles. The van der Waals surface area contributed by atoms with Gasteiger partial charge in [0.2, 0.25) is 5.91 Å². The van der Waals surface area contributed by atoms with E-state index in [2.05, 4.69) is 10.6 Å². The molecule has 0 spiro atoms. The van der Waals surface area contributed by atoms with Crippen molar-refractivity contribution in [3.63, 3.8) is 0 Å². The Kier molecular flexibility index (Phi) is 6.32. The molecule has 0 aromatic rings. The van der Waals surface area contributed by atoms with Gasteiger partial charge in [-0.15, -0.1) is 0 Å². The van der Waals surface area contributed by atoms with Gasteiger partial charge < -0.3 is 16.4 Å². The molecule has 0 aromatic carbocycles. The maximum atomic E-state index is 10.7. The molecule has 1 unspecified atom stereocenters. The van der Waals surface area contributed by atoms with Crippen LogP contribution in [-0.2, 0) is 4.79 Å². The van der Waals surface area contributed by atoms with Crippen LogP contribution in [0.4, 0.5) is 0 Å². The van der Waals surface area contributed by atoms with Crippen molar-refractivity contribution in [1.82, 2.24) is 10.6 Å². The van der Waals surface area contributed by atoms with Crippen LogP contribution in [0.15, 0.2) is 12.2 Å². The molecule has 4 nitrogen and oxygen atoms in total. The highest BCUT2D eigenvalue weighted by Gasteiger charge is 2.06. The number of primary amides is 1. The predicted octanol–water partition coefficient (Wildman–Crippen LogP) is -0.775. The Hall–Kier alpha value is -0.870. The lowest BCUT2D eigenvalue weighted by Gasteiger charge is -2.05. The second-order valence-corrected chi connectivity index (χ2v) is 2.49. The fourth-order valence-corrected chi connectivity index (χ4v) is 0.793. The minimum atomic E-state index is -0.349. The molecule has 0 aromatic heterocycles. The van der Waals surface area contributed by atoms with Gasteiger partial charge in [-0.05, 0) is 27.1 Å². The van der Waals surface area contributed by atoms with E-state index in [-0.39, 0.29) is 11.9 Å². The van der Waals surface area contributed by atoms with Gasteiger partial charge in [0, 0.05) is 0 Å². The van der Waals surface area contributed by atoms with E-state index >= 15 is 0 Å². The molecule has 0 bridgehead atoms. The van der Waals surface area contributed by atoms with Gasteiger partial charge in [0.25, 0.3) is 0 Å². The predicted molar refractivity (Wildman–Crippen MR) is 49.7 cm³/mol. The van der Waals surface area contributed by atoms with E-state index < -0.39 is 0 Å². The second kappa shape index (κ2) is 6.82. The van der Waals surface area contributed by atoms with Crippen molar-refractivity contribution in [3.8, 4) is 0 Å².